The Kier molecular flexibility index (Phi) is 5.12. The number of hydrogen-bond donors (Lipinski definition) is 3. The lowest BCUT2D eigenvalue weighted by Gasteiger charge is -2.07. The molecule has 1 aromatic rings. The van der Waals surface area contributed by atoms with Gasteiger partial charge in [0.1, 0.15) is 11.6 Å². The molecule has 1 aromatic heterocycles. The second-order valence-corrected chi connectivity index (χ2v) is 3.48. The van der Waals surface area contributed by atoms with E-state index in [2.05, 4.69) is 20.6 Å². The molecule has 1 amide bonds. The van der Waals surface area contributed by atoms with Crippen LogP contribution in [-0.4, -0.2) is 47.2 Å². The van der Waals surface area contributed by atoms with Crippen LogP contribution in [-0.2, 0) is 9.59 Å². The van der Waals surface area contributed by atoms with Crippen molar-refractivity contribution in [3.05, 3.63) is 11.2 Å². The summed E-state index contributed by atoms with van der Waals surface area (Å²) in [5, 5.41) is 13.4. The summed E-state index contributed by atoms with van der Waals surface area (Å²) in [5.74, 6) is -1.38. The molecule has 0 fully saturated rings. The fraction of sp³-hybridized carbons (Fsp3) is 0.333. The Morgan fingerprint density at radius 2 is 2.22 bits per heavy atom. The number of nitrogens with zero attached hydrogens (tertiary/aromatic N) is 2. The molecule has 1 heterocycles. The first kappa shape index (κ1) is 14.0. The Morgan fingerprint density at radius 1 is 1.50 bits per heavy atom. The summed E-state index contributed by atoms with van der Waals surface area (Å²) in [5.41, 5.74) is 0. The number of carboxylic acids is 1. The van der Waals surface area contributed by atoms with Gasteiger partial charge in [-0.3, -0.25) is 9.59 Å². The SMILES string of the molecule is COc1ncc(Cl)c(NCC(=O)NCC(=O)O)n1. The Balaban J connectivity index is 2.52. The van der Waals surface area contributed by atoms with Crippen molar-refractivity contribution in [2.45, 2.75) is 0 Å². The molecule has 1 rings (SSSR count). The van der Waals surface area contributed by atoms with Gasteiger partial charge in [-0.1, -0.05) is 11.6 Å². The van der Waals surface area contributed by atoms with E-state index in [0.717, 1.165) is 0 Å². The van der Waals surface area contributed by atoms with Crippen LogP contribution >= 0.6 is 11.6 Å². The highest BCUT2D eigenvalue weighted by atomic mass is 35.5. The largest absolute Gasteiger partial charge is 0.480 e. The number of aromatic nitrogens is 2. The second kappa shape index (κ2) is 6.60. The predicted molar refractivity (Wildman–Crippen MR) is 62.7 cm³/mol. The summed E-state index contributed by atoms with van der Waals surface area (Å²) in [6.45, 7) is -0.603. The van der Waals surface area contributed by atoms with Crippen LogP contribution in [0.1, 0.15) is 0 Å². The van der Waals surface area contributed by atoms with Gasteiger partial charge in [0.05, 0.1) is 19.9 Å². The van der Waals surface area contributed by atoms with Gasteiger partial charge in [-0.2, -0.15) is 4.98 Å². The minimum atomic E-state index is -1.12. The number of carboxylic acid groups (broad SMARTS) is 1. The first-order valence-corrected chi connectivity index (χ1v) is 5.19. The van der Waals surface area contributed by atoms with Gasteiger partial charge >= 0.3 is 12.0 Å². The number of amides is 1. The zero-order valence-corrected chi connectivity index (χ0v) is 10.2. The number of hydrogen-bond acceptors (Lipinski definition) is 6. The lowest BCUT2D eigenvalue weighted by Crippen LogP contribution is -2.34. The average molecular weight is 275 g/mol. The van der Waals surface area contributed by atoms with Crippen molar-refractivity contribution in [3.63, 3.8) is 0 Å². The van der Waals surface area contributed by atoms with E-state index in [-0.39, 0.29) is 23.4 Å². The van der Waals surface area contributed by atoms with E-state index in [1.54, 1.807) is 0 Å². The van der Waals surface area contributed by atoms with E-state index in [0.29, 0.717) is 0 Å². The Labute approximate surface area is 107 Å². The highest BCUT2D eigenvalue weighted by molar-refractivity contribution is 6.32. The monoisotopic (exact) mass is 274 g/mol. The van der Waals surface area contributed by atoms with Crippen molar-refractivity contribution in [2.75, 3.05) is 25.5 Å². The molecule has 0 aliphatic rings. The summed E-state index contributed by atoms with van der Waals surface area (Å²) in [7, 11) is 1.40. The normalized spacial score (nSPS) is 9.67. The van der Waals surface area contributed by atoms with Crippen LogP contribution in [0.15, 0.2) is 6.20 Å². The number of halogens is 1. The molecule has 3 N–H and O–H groups in total. The van der Waals surface area contributed by atoms with Crippen LogP contribution in [0.25, 0.3) is 0 Å². The molecule has 0 bridgehead atoms. The van der Waals surface area contributed by atoms with Gasteiger partial charge in [0, 0.05) is 0 Å². The first-order chi connectivity index (χ1) is 8.52. The van der Waals surface area contributed by atoms with Crippen LogP contribution in [0.2, 0.25) is 5.02 Å². The molecule has 98 valence electrons. The minimum Gasteiger partial charge on any atom is -0.480 e. The van der Waals surface area contributed by atoms with Crippen molar-refractivity contribution >= 4 is 29.3 Å². The number of carbonyl (C=O) groups is 2. The Bertz CT molecular complexity index is 454. The van der Waals surface area contributed by atoms with Crippen molar-refractivity contribution in [1.82, 2.24) is 15.3 Å². The molecule has 9 heteroatoms. The van der Waals surface area contributed by atoms with Crippen molar-refractivity contribution in [1.29, 1.82) is 0 Å². The number of anilines is 1. The van der Waals surface area contributed by atoms with Crippen LogP contribution in [0.3, 0.4) is 0 Å². The van der Waals surface area contributed by atoms with Crippen molar-refractivity contribution < 1.29 is 19.4 Å². The maximum absolute atomic E-state index is 11.2. The van der Waals surface area contributed by atoms with Gasteiger partial charge < -0.3 is 20.5 Å². The molecular weight excluding hydrogens is 264 g/mol. The Morgan fingerprint density at radius 3 is 2.83 bits per heavy atom. The molecule has 0 spiro atoms. The number of carbonyl (C=O) groups excluding carboxylic acids is 1. The van der Waals surface area contributed by atoms with Gasteiger partial charge in [-0.25, -0.2) is 4.98 Å². The number of rotatable bonds is 6. The maximum atomic E-state index is 11.2. The van der Waals surface area contributed by atoms with Crippen LogP contribution in [0, 0.1) is 0 Å². The standard InChI is InChI=1S/C9H11ClN4O4/c1-18-9-13-2-5(10)8(14-9)12-3-6(15)11-4-7(16)17/h2H,3-4H2,1H3,(H,11,15)(H,16,17)(H,12,13,14). The number of methoxy groups -OCH3 is 1. The summed E-state index contributed by atoms with van der Waals surface area (Å²) in [4.78, 5) is 29.1. The van der Waals surface area contributed by atoms with Crippen molar-refractivity contribution in [3.8, 4) is 6.01 Å². The zero-order valence-electron chi connectivity index (χ0n) is 9.44. The van der Waals surface area contributed by atoms with Crippen LogP contribution in [0.5, 0.6) is 6.01 Å². The fourth-order valence-electron chi connectivity index (χ4n) is 0.974. The first-order valence-electron chi connectivity index (χ1n) is 4.82. The Hall–Kier alpha value is -2.09. The molecule has 0 saturated carbocycles. The third-order valence-corrected chi connectivity index (χ3v) is 2.03. The van der Waals surface area contributed by atoms with E-state index in [1.165, 1.54) is 13.3 Å². The van der Waals surface area contributed by atoms with E-state index >= 15 is 0 Å². The van der Waals surface area contributed by atoms with Crippen LogP contribution < -0.4 is 15.4 Å². The van der Waals surface area contributed by atoms with E-state index in [4.69, 9.17) is 21.4 Å². The highest BCUT2D eigenvalue weighted by Crippen LogP contribution is 2.19. The third kappa shape index (κ3) is 4.42. The number of ether oxygens (including phenoxy) is 1. The molecule has 0 atom stereocenters. The predicted octanol–water partition coefficient (Wildman–Crippen LogP) is -0.249. The van der Waals surface area contributed by atoms with Gasteiger partial charge in [-0.05, 0) is 0 Å². The molecule has 18 heavy (non-hydrogen) atoms. The summed E-state index contributed by atoms with van der Waals surface area (Å²) in [6.07, 6.45) is 1.32. The lowest BCUT2D eigenvalue weighted by molar-refractivity contribution is -0.137. The zero-order chi connectivity index (χ0) is 13.5. The summed E-state index contributed by atoms with van der Waals surface area (Å²) < 4.78 is 4.80. The number of aliphatic carboxylic acids is 1. The van der Waals surface area contributed by atoms with Gasteiger partial charge in [0.2, 0.25) is 5.91 Å². The highest BCUT2D eigenvalue weighted by Gasteiger charge is 2.08. The lowest BCUT2D eigenvalue weighted by atomic mass is 10.5. The molecule has 0 aromatic carbocycles. The smallest absolute Gasteiger partial charge is 0.322 e. The summed E-state index contributed by atoms with van der Waals surface area (Å²) >= 11 is 5.80. The average Bonchev–Trinajstić information content (AvgIpc) is 2.35. The second-order valence-electron chi connectivity index (χ2n) is 3.08. The molecular formula is C9H11ClN4O4. The fourth-order valence-corrected chi connectivity index (χ4v) is 1.13. The maximum Gasteiger partial charge on any atom is 0.322 e. The molecule has 0 aliphatic heterocycles. The minimum absolute atomic E-state index is 0.104. The quantitative estimate of drug-likeness (QED) is 0.655. The summed E-state index contributed by atoms with van der Waals surface area (Å²) in [6, 6.07) is 0.104. The van der Waals surface area contributed by atoms with Gasteiger partial charge in [0.25, 0.3) is 0 Å². The molecule has 0 saturated heterocycles. The third-order valence-electron chi connectivity index (χ3n) is 1.76. The van der Waals surface area contributed by atoms with Crippen LogP contribution in [0.4, 0.5) is 5.82 Å². The molecule has 0 radical (unpaired) electrons. The molecule has 0 aliphatic carbocycles. The van der Waals surface area contributed by atoms with E-state index in [1.807, 2.05) is 0 Å². The number of nitrogens with one attached hydrogen (secondary N) is 2. The molecule has 0 unspecified atom stereocenters. The van der Waals surface area contributed by atoms with Gasteiger partial charge in [-0.15, -0.1) is 0 Å². The van der Waals surface area contributed by atoms with E-state index < -0.39 is 18.4 Å². The van der Waals surface area contributed by atoms with Crippen molar-refractivity contribution in [2.24, 2.45) is 0 Å². The topological polar surface area (TPSA) is 113 Å². The van der Waals surface area contributed by atoms with Gasteiger partial charge in [0.15, 0.2) is 5.82 Å². The molecule has 8 nitrogen and oxygen atoms in total. The van der Waals surface area contributed by atoms with E-state index in [9.17, 15) is 9.59 Å².